The first kappa shape index (κ1) is 14.3. The fraction of sp³-hybridized carbons (Fsp3) is 0.600. The predicted molar refractivity (Wildman–Crippen MR) is 74.8 cm³/mol. The fourth-order valence-corrected chi connectivity index (χ4v) is 2.72. The van der Waals surface area contributed by atoms with Gasteiger partial charge in [-0.05, 0) is 39.8 Å². The summed E-state index contributed by atoms with van der Waals surface area (Å²) in [5.41, 5.74) is 1.01. The SMILES string of the molecule is CNC1(C)CCN(C(C)c2ccc(F)cc2O)CC1. The first-order valence-electron chi connectivity index (χ1n) is 6.86. The zero-order valence-electron chi connectivity index (χ0n) is 11.9. The van der Waals surface area contributed by atoms with Gasteiger partial charge in [0.05, 0.1) is 0 Å². The molecule has 2 rings (SSSR count). The van der Waals surface area contributed by atoms with E-state index < -0.39 is 5.82 Å². The summed E-state index contributed by atoms with van der Waals surface area (Å²) in [6, 6.07) is 4.39. The van der Waals surface area contributed by atoms with Crippen LogP contribution in [0.15, 0.2) is 18.2 Å². The van der Waals surface area contributed by atoms with Crippen molar-refractivity contribution in [1.82, 2.24) is 10.2 Å². The highest BCUT2D eigenvalue weighted by molar-refractivity contribution is 5.35. The average Bonchev–Trinajstić information content (AvgIpc) is 2.39. The Morgan fingerprint density at radius 1 is 1.37 bits per heavy atom. The van der Waals surface area contributed by atoms with E-state index in [4.69, 9.17) is 0 Å². The molecule has 0 bridgehead atoms. The van der Waals surface area contributed by atoms with Gasteiger partial charge in [0.25, 0.3) is 0 Å². The molecule has 1 saturated heterocycles. The largest absolute Gasteiger partial charge is 0.508 e. The maximum Gasteiger partial charge on any atom is 0.126 e. The highest BCUT2D eigenvalue weighted by atomic mass is 19.1. The minimum atomic E-state index is -0.394. The van der Waals surface area contributed by atoms with Crippen LogP contribution in [-0.4, -0.2) is 35.7 Å². The van der Waals surface area contributed by atoms with Gasteiger partial charge in [-0.3, -0.25) is 4.90 Å². The van der Waals surface area contributed by atoms with E-state index in [2.05, 4.69) is 24.1 Å². The van der Waals surface area contributed by atoms with Crippen molar-refractivity contribution in [1.29, 1.82) is 0 Å². The normalized spacial score (nSPS) is 21.3. The van der Waals surface area contributed by atoms with Crippen molar-refractivity contribution in [2.75, 3.05) is 20.1 Å². The number of hydrogen-bond acceptors (Lipinski definition) is 3. The van der Waals surface area contributed by atoms with Crippen molar-refractivity contribution in [3.8, 4) is 5.75 Å². The topological polar surface area (TPSA) is 35.5 Å². The zero-order chi connectivity index (χ0) is 14.0. The zero-order valence-corrected chi connectivity index (χ0v) is 11.9. The monoisotopic (exact) mass is 266 g/mol. The number of nitrogens with zero attached hydrogens (tertiary/aromatic N) is 1. The average molecular weight is 266 g/mol. The van der Waals surface area contributed by atoms with Gasteiger partial charge in [0.15, 0.2) is 0 Å². The summed E-state index contributed by atoms with van der Waals surface area (Å²) in [5.74, 6) is -0.343. The summed E-state index contributed by atoms with van der Waals surface area (Å²) in [4.78, 5) is 2.34. The van der Waals surface area contributed by atoms with E-state index in [9.17, 15) is 9.50 Å². The third-order valence-electron chi connectivity index (χ3n) is 4.50. The number of rotatable bonds is 3. The highest BCUT2D eigenvalue weighted by Gasteiger charge is 2.31. The molecule has 1 aromatic carbocycles. The molecule has 0 aliphatic carbocycles. The Balaban J connectivity index is 2.07. The number of phenols is 1. The molecule has 1 fully saturated rings. The summed E-state index contributed by atoms with van der Waals surface area (Å²) in [5, 5.41) is 13.2. The van der Waals surface area contributed by atoms with Crippen molar-refractivity contribution < 1.29 is 9.50 Å². The molecule has 1 atom stereocenters. The van der Waals surface area contributed by atoms with Crippen molar-refractivity contribution in [3.63, 3.8) is 0 Å². The van der Waals surface area contributed by atoms with Gasteiger partial charge in [-0.15, -0.1) is 0 Å². The number of benzene rings is 1. The van der Waals surface area contributed by atoms with Crippen molar-refractivity contribution in [2.45, 2.75) is 38.3 Å². The first-order chi connectivity index (χ1) is 8.95. The van der Waals surface area contributed by atoms with E-state index in [0.29, 0.717) is 0 Å². The smallest absolute Gasteiger partial charge is 0.126 e. The van der Waals surface area contributed by atoms with Crippen LogP contribution in [-0.2, 0) is 0 Å². The Morgan fingerprint density at radius 2 is 2.00 bits per heavy atom. The quantitative estimate of drug-likeness (QED) is 0.883. The molecule has 0 amide bonds. The standard InChI is InChI=1S/C15H23FN2O/c1-11(13-5-4-12(16)10-14(13)19)18-8-6-15(2,17-3)7-9-18/h4-5,10-11,17,19H,6-9H2,1-3H3. The number of aromatic hydroxyl groups is 1. The number of likely N-dealkylation sites (tertiary alicyclic amines) is 1. The van der Waals surface area contributed by atoms with Crippen LogP contribution in [0.25, 0.3) is 0 Å². The number of hydrogen-bond donors (Lipinski definition) is 2. The summed E-state index contributed by atoms with van der Waals surface area (Å²) >= 11 is 0. The molecule has 1 aliphatic rings. The summed E-state index contributed by atoms with van der Waals surface area (Å²) in [6.07, 6.45) is 2.16. The summed E-state index contributed by atoms with van der Waals surface area (Å²) in [7, 11) is 2.00. The van der Waals surface area contributed by atoms with Crippen LogP contribution in [0.2, 0.25) is 0 Å². The fourth-order valence-electron chi connectivity index (χ4n) is 2.72. The Morgan fingerprint density at radius 3 is 2.53 bits per heavy atom. The molecular formula is C15H23FN2O. The van der Waals surface area contributed by atoms with Gasteiger partial charge >= 0.3 is 0 Å². The number of nitrogens with one attached hydrogen (secondary N) is 1. The lowest BCUT2D eigenvalue weighted by atomic mass is 9.88. The van der Waals surface area contributed by atoms with Crippen LogP contribution in [0.5, 0.6) is 5.75 Å². The predicted octanol–water partition coefficient (Wildman–Crippen LogP) is 2.67. The molecule has 1 heterocycles. The second-order valence-electron chi connectivity index (χ2n) is 5.73. The highest BCUT2D eigenvalue weighted by Crippen LogP contribution is 2.32. The second-order valence-corrected chi connectivity index (χ2v) is 5.73. The second kappa shape index (κ2) is 5.47. The minimum absolute atomic E-state index is 0.0504. The molecule has 1 aromatic rings. The molecule has 0 saturated carbocycles. The summed E-state index contributed by atoms with van der Waals surface area (Å²) < 4.78 is 13.0. The van der Waals surface area contributed by atoms with Crippen LogP contribution in [0, 0.1) is 5.82 Å². The van der Waals surface area contributed by atoms with E-state index >= 15 is 0 Å². The van der Waals surface area contributed by atoms with Gasteiger partial charge in [-0.25, -0.2) is 4.39 Å². The molecule has 19 heavy (non-hydrogen) atoms. The third-order valence-corrected chi connectivity index (χ3v) is 4.50. The van der Waals surface area contributed by atoms with Crippen molar-refractivity contribution in [3.05, 3.63) is 29.6 Å². The number of halogens is 1. The van der Waals surface area contributed by atoms with Gasteiger partial charge in [0.2, 0.25) is 0 Å². The number of piperidine rings is 1. The Kier molecular flexibility index (Phi) is 4.11. The first-order valence-corrected chi connectivity index (χ1v) is 6.86. The lowest BCUT2D eigenvalue weighted by Crippen LogP contribution is -2.50. The van der Waals surface area contributed by atoms with E-state index in [1.165, 1.54) is 12.1 Å². The maximum atomic E-state index is 13.0. The van der Waals surface area contributed by atoms with Crippen molar-refractivity contribution in [2.24, 2.45) is 0 Å². The Labute approximate surface area is 114 Å². The molecule has 3 nitrogen and oxygen atoms in total. The van der Waals surface area contributed by atoms with Gasteiger partial charge in [-0.1, -0.05) is 6.07 Å². The van der Waals surface area contributed by atoms with Gasteiger partial charge < -0.3 is 10.4 Å². The van der Waals surface area contributed by atoms with Crippen LogP contribution in [0.1, 0.15) is 38.3 Å². The molecular weight excluding hydrogens is 243 g/mol. The third kappa shape index (κ3) is 3.07. The molecule has 1 unspecified atom stereocenters. The molecule has 0 aromatic heterocycles. The van der Waals surface area contributed by atoms with E-state index in [1.807, 2.05) is 7.05 Å². The van der Waals surface area contributed by atoms with Crippen LogP contribution in [0.4, 0.5) is 4.39 Å². The van der Waals surface area contributed by atoms with Crippen LogP contribution >= 0.6 is 0 Å². The van der Waals surface area contributed by atoms with Gasteiger partial charge in [0.1, 0.15) is 11.6 Å². The Hall–Kier alpha value is -1.13. The lowest BCUT2D eigenvalue weighted by molar-refractivity contribution is 0.116. The minimum Gasteiger partial charge on any atom is -0.508 e. The van der Waals surface area contributed by atoms with Crippen LogP contribution in [0.3, 0.4) is 0 Å². The Bertz CT molecular complexity index is 442. The molecule has 4 heteroatoms. The van der Waals surface area contributed by atoms with Crippen molar-refractivity contribution >= 4 is 0 Å². The molecule has 106 valence electrons. The van der Waals surface area contributed by atoms with Crippen LogP contribution < -0.4 is 5.32 Å². The van der Waals surface area contributed by atoms with E-state index in [0.717, 1.165) is 31.5 Å². The lowest BCUT2D eigenvalue weighted by Gasteiger charge is -2.42. The maximum absolute atomic E-state index is 13.0. The molecule has 2 N–H and O–H groups in total. The number of phenolic OH excluding ortho intramolecular Hbond substituents is 1. The van der Waals surface area contributed by atoms with Gasteiger partial charge in [0, 0.05) is 36.3 Å². The van der Waals surface area contributed by atoms with E-state index in [-0.39, 0.29) is 17.3 Å². The molecule has 0 radical (unpaired) electrons. The summed E-state index contributed by atoms with van der Waals surface area (Å²) in [6.45, 7) is 6.27. The van der Waals surface area contributed by atoms with Gasteiger partial charge in [-0.2, -0.15) is 0 Å². The molecule has 1 aliphatic heterocycles. The van der Waals surface area contributed by atoms with E-state index in [1.54, 1.807) is 6.07 Å². The molecule has 0 spiro atoms.